The van der Waals surface area contributed by atoms with Crippen LogP contribution in [0.3, 0.4) is 0 Å². The Morgan fingerprint density at radius 2 is 2.33 bits per heavy atom. The molecule has 1 aromatic carbocycles. The molecule has 0 radical (unpaired) electrons. The van der Waals surface area contributed by atoms with Gasteiger partial charge in [0.25, 0.3) is 5.91 Å². The molecule has 1 amide bonds. The van der Waals surface area contributed by atoms with Crippen LogP contribution < -0.4 is 11.1 Å². The van der Waals surface area contributed by atoms with Crippen molar-refractivity contribution in [3.8, 4) is 0 Å². The lowest BCUT2D eigenvalue weighted by Crippen LogP contribution is -2.24. The van der Waals surface area contributed by atoms with E-state index in [0.29, 0.717) is 10.0 Å². The van der Waals surface area contributed by atoms with Gasteiger partial charge in [-0.2, -0.15) is 4.98 Å². The van der Waals surface area contributed by atoms with Gasteiger partial charge in [0.2, 0.25) is 11.8 Å². The van der Waals surface area contributed by atoms with Crippen LogP contribution >= 0.6 is 15.9 Å². The summed E-state index contributed by atoms with van der Waals surface area (Å²) >= 11 is 3.27. The molecule has 0 aliphatic carbocycles. The number of carbonyl (C=O) groups excluding carboxylic acids is 1. The van der Waals surface area contributed by atoms with Crippen molar-refractivity contribution in [1.29, 1.82) is 0 Å². The van der Waals surface area contributed by atoms with E-state index < -0.39 is 5.91 Å². The molecule has 6 nitrogen and oxygen atoms in total. The maximum Gasteiger partial charge on any atom is 0.288 e. The van der Waals surface area contributed by atoms with Crippen LogP contribution in [-0.2, 0) is 6.54 Å². The molecule has 4 N–H and O–H groups in total. The van der Waals surface area contributed by atoms with Gasteiger partial charge in [-0.05, 0) is 23.8 Å². The van der Waals surface area contributed by atoms with Crippen molar-refractivity contribution in [2.75, 3.05) is 5.73 Å². The molecule has 18 heavy (non-hydrogen) atoms. The summed E-state index contributed by atoms with van der Waals surface area (Å²) < 4.78 is 13.7. The van der Waals surface area contributed by atoms with Crippen molar-refractivity contribution in [3.05, 3.63) is 39.9 Å². The van der Waals surface area contributed by atoms with E-state index >= 15 is 0 Å². The fourth-order valence-electron chi connectivity index (χ4n) is 1.31. The lowest BCUT2D eigenvalue weighted by atomic mass is 10.2. The highest BCUT2D eigenvalue weighted by molar-refractivity contribution is 9.10. The minimum absolute atomic E-state index is 0.00733. The molecular weight excluding hydrogens is 305 g/mol. The summed E-state index contributed by atoms with van der Waals surface area (Å²) in [6.07, 6.45) is 0. The molecule has 0 fully saturated rings. The van der Waals surface area contributed by atoms with Gasteiger partial charge in [-0.1, -0.05) is 15.9 Å². The number of benzene rings is 1. The number of aromatic amines is 1. The van der Waals surface area contributed by atoms with Crippen LogP contribution in [0.15, 0.2) is 22.7 Å². The lowest BCUT2D eigenvalue weighted by molar-refractivity contribution is 0.0941. The van der Waals surface area contributed by atoms with Crippen molar-refractivity contribution < 1.29 is 9.18 Å². The second-order valence-corrected chi connectivity index (χ2v) is 4.31. The zero-order valence-electron chi connectivity index (χ0n) is 9.08. The molecule has 0 spiro atoms. The van der Waals surface area contributed by atoms with Gasteiger partial charge in [-0.25, -0.2) is 4.39 Å². The number of aromatic nitrogens is 3. The summed E-state index contributed by atoms with van der Waals surface area (Å²) in [5, 5.41) is 8.49. The molecule has 1 aromatic heterocycles. The maximum absolute atomic E-state index is 13.0. The van der Waals surface area contributed by atoms with Crippen LogP contribution in [0.5, 0.6) is 0 Å². The number of nitrogens with zero attached hydrogens (tertiary/aromatic N) is 2. The summed E-state index contributed by atoms with van der Waals surface area (Å²) in [6.45, 7) is 0.164. The largest absolute Gasteiger partial charge is 0.366 e. The predicted molar refractivity (Wildman–Crippen MR) is 66.1 cm³/mol. The van der Waals surface area contributed by atoms with E-state index in [0.717, 1.165) is 0 Å². The highest BCUT2D eigenvalue weighted by Crippen LogP contribution is 2.17. The van der Waals surface area contributed by atoms with Crippen LogP contribution in [-0.4, -0.2) is 21.1 Å². The van der Waals surface area contributed by atoms with Crippen molar-refractivity contribution in [2.45, 2.75) is 6.54 Å². The number of nitrogens with one attached hydrogen (secondary N) is 2. The Kier molecular flexibility index (Phi) is 3.56. The number of carbonyl (C=O) groups is 1. The molecule has 0 unspecified atom stereocenters. The van der Waals surface area contributed by atoms with Crippen LogP contribution in [0.4, 0.5) is 10.3 Å². The SMILES string of the molecule is Nc1n[nH]c(C(=O)NCc2cc(F)ccc2Br)n1. The summed E-state index contributed by atoms with van der Waals surface area (Å²) in [5.74, 6) is -0.825. The van der Waals surface area contributed by atoms with Gasteiger partial charge >= 0.3 is 0 Å². The third-order valence-electron chi connectivity index (χ3n) is 2.16. The average Bonchev–Trinajstić information content (AvgIpc) is 2.77. The summed E-state index contributed by atoms with van der Waals surface area (Å²) in [6, 6.07) is 4.23. The zero-order valence-corrected chi connectivity index (χ0v) is 10.7. The molecule has 0 bridgehead atoms. The highest BCUT2D eigenvalue weighted by Gasteiger charge is 2.11. The van der Waals surface area contributed by atoms with Crippen molar-refractivity contribution in [2.24, 2.45) is 0 Å². The summed E-state index contributed by atoms with van der Waals surface area (Å²) in [4.78, 5) is 15.3. The zero-order chi connectivity index (χ0) is 13.1. The number of rotatable bonds is 3. The quantitative estimate of drug-likeness (QED) is 0.793. The number of amides is 1. The third kappa shape index (κ3) is 2.83. The number of hydrogen-bond acceptors (Lipinski definition) is 4. The number of hydrogen-bond donors (Lipinski definition) is 3. The van der Waals surface area contributed by atoms with Crippen LogP contribution in [0.1, 0.15) is 16.2 Å². The molecule has 2 rings (SSSR count). The number of halogens is 2. The molecule has 2 aromatic rings. The number of H-pyrrole nitrogens is 1. The van der Waals surface area contributed by atoms with Gasteiger partial charge in [0.1, 0.15) is 5.82 Å². The van der Waals surface area contributed by atoms with Gasteiger partial charge < -0.3 is 11.1 Å². The highest BCUT2D eigenvalue weighted by atomic mass is 79.9. The van der Waals surface area contributed by atoms with E-state index in [2.05, 4.69) is 36.4 Å². The smallest absolute Gasteiger partial charge is 0.288 e. The fraction of sp³-hybridized carbons (Fsp3) is 0.100. The number of nitrogen functional groups attached to an aromatic ring is 1. The summed E-state index contributed by atoms with van der Waals surface area (Å²) in [5.41, 5.74) is 5.90. The Balaban J connectivity index is 2.03. The Bertz CT molecular complexity index is 585. The van der Waals surface area contributed by atoms with Crippen LogP contribution in [0.25, 0.3) is 0 Å². The van der Waals surface area contributed by atoms with Gasteiger partial charge in [0, 0.05) is 11.0 Å². The lowest BCUT2D eigenvalue weighted by Gasteiger charge is -2.05. The first-order valence-corrected chi connectivity index (χ1v) is 5.75. The molecular formula is C10H9BrFN5O. The van der Waals surface area contributed by atoms with Crippen molar-refractivity contribution in [3.63, 3.8) is 0 Å². The third-order valence-corrected chi connectivity index (χ3v) is 2.94. The minimum atomic E-state index is -0.463. The van der Waals surface area contributed by atoms with Gasteiger partial charge in [-0.3, -0.25) is 9.89 Å². The Hall–Kier alpha value is -1.96. The van der Waals surface area contributed by atoms with Gasteiger partial charge in [-0.15, -0.1) is 5.10 Å². The Labute approximate surface area is 110 Å². The van der Waals surface area contributed by atoms with Gasteiger partial charge in [0.05, 0.1) is 0 Å². The summed E-state index contributed by atoms with van der Waals surface area (Å²) in [7, 11) is 0. The molecule has 1 heterocycles. The van der Waals surface area contributed by atoms with E-state index in [1.165, 1.54) is 12.1 Å². The standard InChI is InChI=1S/C10H9BrFN5O/c11-7-2-1-6(12)3-5(7)4-14-9(18)8-15-10(13)17-16-8/h1-3H,4H2,(H,14,18)(H3,13,15,16,17). The van der Waals surface area contributed by atoms with Crippen molar-refractivity contribution in [1.82, 2.24) is 20.5 Å². The number of nitrogens with two attached hydrogens (primary N) is 1. The van der Waals surface area contributed by atoms with E-state index in [-0.39, 0.29) is 24.1 Å². The monoisotopic (exact) mass is 313 g/mol. The maximum atomic E-state index is 13.0. The van der Waals surface area contributed by atoms with E-state index in [1.54, 1.807) is 6.07 Å². The second-order valence-electron chi connectivity index (χ2n) is 3.46. The Morgan fingerprint density at radius 3 is 3.00 bits per heavy atom. The normalized spacial score (nSPS) is 10.3. The van der Waals surface area contributed by atoms with Gasteiger partial charge in [0.15, 0.2) is 0 Å². The van der Waals surface area contributed by atoms with Crippen LogP contribution in [0, 0.1) is 5.82 Å². The van der Waals surface area contributed by atoms with E-state index in [4.69, 9.17) is 5.73 Å². The molecule has 94 valence electrons. The molecule has 0 saturated carbocycles. The molecule has 0 aliphatic heterocycles. The first-order chi connectivity index (χ1) is 8.56. The molecule has 8 heteroatoms. The first kappa shape index (κ1) is 12.5. The van der Waals surface area contributed by atoms with Crippen LogP contribution in [0.2, 0.25) is 0 Å². The van der Waals surface area contributed by atoms with E-state index in [1.807, 2.05) is 0 Å². The molecule has 0 saturated heterocycles. The molecule has 0 aliphatic rings. The number of anilines is 1. The second kappa shape index (κ2) is 5.13. The average molecular weight is 314 g/mol. The van der Waals surface area contributed by atoms with E-state index in [9.17, 15) is 9.18 Å². The van der Waals surface area contributed by atoms with Crippen molar-refractivity contribution >= 4 is 27.8 Å². The minimum Gasteiger partial charge on any atom is -0.366 e. The predicted octanol–water partition coefficient (Wildman–Crippen LogP) is 1.22. The first-order valence-electron chi connectivity index (χ1n) is 4.96. The Morgan fingerprint density at radius 1 is 1.56 bits per heavy atom. The fourth-order valence-corrected chi connectivity index (χ4v) is 1.70. The topological polar surface area (TPSA) is 96.7 Å². The molecule has 0 atom stereocenters.